The highest BCUT2D eigenvalue weighted by Crippen LogP contribution is 2.37. The maximum Gasteiger partial charge on any atom is 0.250 e. The van der Waals surface area contributed by atoms with E-state index in [2.05, 4.69) is 11.4 Å². The molecule has 1 N–H and O–H groups in total. The zero-order valence-corrected chi connectivity index (χ0v) is 14.0. The number of thioether (sulfide) groups is 1. The van der Waals surface area contributed by atoms with Crippen LogP contribution in [0, 0.1) is 0 Å². The molecule has 0 aliphatic heterocycles. The molecule has 1 aliphatic carbocycles. The van der Waals surface area contributed by atoms with Crippen LogP contribution in [-0.4, -0.2) is 23.4 Å². The van der Waals surface area contributed by atoms with Gasteiger partial charge in [-0.25, -0.2) is 0 Å². The second-order valence-corrected chi connectivity index (χ2v) is 7.81. The standard InChI is InChI=1S/C17H25NO2S/c1-17(2,3)20-12-16(19)18-14-10-6-7-11-15(14)21-13-8-4-5-9-13/h6-7,10-11,13H,4-5,8-9,12H2,1-3H3,(H,18,19). The summed E-state index contributed by atoms with van der Waals surface area (Å²) in [7, 11) is 0. The van der Waals surface area contributed by atoms with E-state index in [0.717, 1.165) is 10.6 Å². The molecule has 0 radical (unpaired) electrons. The molecular weight excluding hydrogens is 282 g/mol. The van der Waals surface area contributed by atoms with Crippen LogP contribution < -0.4 is 5.32 Å². The van der Waals surface area contributed by atoms with Gasteiger partial charge in [-0.2, -0.15) is 0 Å². The lowest BCUT2D eigenvalue weighted by atomic mass is 10.2. The SMILES string of the molecule is CC(C)(C)OCC(=O)Nc1ccccc1SC1CCCC1. The zero-order chi connectivity index (χ0) is 15.3. The third-order valence-corrected chi connectivity index (χ3v) is 4.81. The Morgan fingerprint density at radius 2 is 1.95 bits per heavy atom. The lowest BCUT2D eigenvalue weighted by Crippen LogP contribution is -2.27. The third kappa shape index (κ3) is 5.71. The zero-order valence-electron chi connectivity index (χ0n) is 13.1. The number of ether oxygens (including phenoxy) is 1. The maximum absolute atomic E-state index is 12.0. The van der Waals surface area contributed by atoms with Gasteiger partial charge in [0.25, 0.3) is 0 Å². The van der Waals surface area contributed by atoms with Crippen molar-refractivity contribution in [3.8, 4) is 0 Å². The van der Waals surface area contributed by atoms with Gasteiger partial charge in [-0.1, -0.05) is 25.0 Å². The van der Waals surface area contributed by atoms with Gasteiger partial charge < -0.3 is 10.1 Å². The van der Waals surface area contributed by atoms with Crippen LogP contribution in [0.4, 0.5) is 5.69 Å². The van der Waals surface area contributed by atoms with E-state index in [9.17, 15) is 4.79 Å². The Balaban J connectivity index is 1.94. The first-order valence-corrected chi connectivity index (χ1v) is 8.51. The second-order valence-electron chi connectivity index (χ2n) is 6.47. The van der Waals surface area contributed by atoms with Crippen molar-refractivity contribution in [2.45, 2.75) is 62.2 Å². The molecule has 0 heterocycles. The van der Waals surface area contributed by atoms with Crippen molar-refractivity contribution < 1.29 is 9.53 Å². The Morgan fingerprint density at radius 1 is 1.29 bits per heavy atom. The van der Waals surface area contributed by atoms with Crippen LogP contribution in [0.2, 0.25) is 0 Å². The molecule has 3 nitrogen and oxygen atoms in total. The van der Waals surface area contributed by atoms with Crippen molar-refractivity contribution in [3.63, 3.8) is 0 Å². The number of rotatable bonds is 5. The van der Waals surface area contributed by atoms with Gasteiger partial charge in [0.05, 0.1) is 11.3 Å². The summed E-state index contributed by atoms with van der Waals surface area (Å²) >= 11 is 1.89. The highest BCUT2D eigenvalue weighted by atomic mass is 32.2. The lowest BCUT2D eigenvalue weighted by molar-refractivity contribution is -0.125. The van der Waals surface area contributed by atoms with Gasteiger partial charge in [-0.3, -0.25) is 4.79 Å². The van der Waals surface area contributed by atoms with Crippen LogP contribution in [0.15, 0.2) is 29.2 Å². The molecule has 4 heteroatoms. The smallest absolute Gasteiger partial charge is 0.250 e. The summed E-state index contributed by atoms with van der Waals surface area (Å²) < 4.78 is 5.52. The first-order chi connectivity index (χ1) is 9.94. The first kappa shape index (κ1) is 16.4. The summed E-state index contributed by atoms with van der Waals surface area (Å²) in [5.74, 6) is -0.0932. The highest BCUT2D eigenvalue weighted by molar-refractivity contribution is 8.00. The van der Waals surface area contributed by atoms with Crippen molar-refractivity contribution >= 4 is 23.4 Å². The summed E-state index contributed by atoms with van der Waals surface area (Å²) in [6, 6.07) is 8.03. The lowest BCUT2D eigenvalue weighted by Gasteiger charge is -2.19. The monoisotopic (exact) mass is 307 g/mol. The van der Waals surface area contributed by atoms with E-state index >= 15 is 0 Å². The van der Waals surface area contributed by atoms with Gasteiger partial charge in [0, 0.05) is 10.1 Å². The topological polar surface area (TPSA) is 38.3 Å². The van der Waals surface area contributed by atoms with E-state index in [1.807, 2.05) is 50.7 Å². The van der Waals surface area contributed by atoms with Crippen LogP contribution in [0.1, 0.15) is 46.5 Å². The fraction of sp³-hybridized carbons (Fsp3) is 0.588. The van der Waals surface area contributed by atoms with E-state index in [1.54, 1.807) is 0 Å². The largest absolute Gasteiger partial charge is 0.366 e. The van der Waals surface area contributed by atoms with E-state index < -0.39 is 0 Å². The molecule has 1 aromatic rings. The Hall–Kier alpha value is -1.00. The Labute approximate surface area is 131 Å². The number of nitrogens with one attached hydrogen (secondary N) is 1. The number of para-hydroxylation sites is 1. The van der Waals surface area contributed by atoms with Crippen molar-refractivity contribution in [1.82, 2.24) is 0 Å². The van der Waals surface area contributed by atoms with Gasteiger partial charge in [-0.15, -0.1) is 11.8 Å². The van der Waals surface area contributed by atoms with Crippen LogP contribution >= 0.6 is 11.8 Å². The summed E-state index contributed by atoms with van der Waals surface area (Å²) in [4.78, 5) is 13.2. The van der Waals surface area contributed by atoms with Crippen molar-refractivity contribution in [2.75, 3.05) is 11.9 Å². The number of benzene rings is 1. The molecule has 0 bridgehead atoms. The summed E-state index contributed by atoms with van der Waals surface area (Å²) in [6.07, 6.45) is 5.21. The minimum atomic E-state index is -0.296. The van der Waals surface area contributed by atoms with E-state index in [0.29, 0.717) is 5.25 Å². The number of hydrogen-bond donors (Lipinski definition) is 1. The molecule has 0 aromatic heterocycles. The van der Waals surface area contributed by atoms with Crippen LogP contribution in [-0.2, 0) is 9.53 Å². The summed E-state index contributed by atoms with van der Waals surface area (Å²) in [6.45, 7) is 5.93. The summed E-state index contributed by atoms with van der Waals surface area (Å²) in [5.41, 5.74) is 0.604. The van der Waals surface area contributed by atoms with Crippen LogP contribution in [0.5, 0.6) is 0 Å². The highest BCUT2D eigenvalue weighted by Gasteiger charge is 2.18. The predicted octanol–water partition coefficient (Wildman–Crippen LogP) is 4.47. The molecule has 1 fully saturated rings. The minimum Gasteiger partial charge on any atom is -0.366 e. The molecule has 0 saturated heterocycles. The molecule has 0 unspecified atom stereocenters. The number of carbonyl (C=O) groups excluding carboxylic acids is 1. The molecule has 2 rings (SSSR count). The minimum absolute atomic E-state index is 0.0892. The number of carbonyl (C=O) groups is 1. The Bertz CT molecular complexity index is 476. The normalized spacial score (nSPS) is 16.1. The molecule has 0 spiro atoms. The third-order valence-electron chi connectivity index (χ3n) is 3.39. The van der Waals surface area contributed by atoms with E-state index in [4.69, 9.17) is 4.74 Å². The van der Waals surface area contributed by atoms with Gasteiger partial charge in [0.15, 0.2) is 0 Å². The molecule has 1 aliphatic rings. The molecule has 21 heavy (non-hydrogen) atoms. The molecule has 1 saturated carbocycles. The number of anilines is 1. The Morgan fingerprint density at radius 3 is 2.62 bits per heavy atom. The van der Waals surface area contributed by atoms with Gasteiger partial charge in [0.2, 0.25) is 5.91 Å². The molecule has 0 atom stereocenters. The summed E-state index contributed by atoms with van der Waals surface area (Å²) in [5, 5.41) is 3.66. The average Bonchev–Trinajstić information content (AvgIpc) is 2.91. The maximum atomic E-state index is 12.0. The van der Waals surface area contributed by atoms with Crippen molar-refractivity contribution in [2.24, 2.45) is 0 Å². The quantitative estimate of drug-likeness (QED) is 0.872. The number of hydrogen-bond acceptors (Lipinski definition) is 3. The molecular formula is C17H25NO2S. The van der Waals surface area contributed by atoms with Gasteiger partial charge >= 0.3 is 0 Å². The number of amides is 1. The first-order valence-electron chi connectivity index (χ1n) is 7.63. The molecule has 1 amide bonds. The van der Waals surface area contributed by atoms with Crippen molar-refractivity contribution in [3.05, 3.63) is 24.3 Å². The molecule has 116 valence electrons. The average molecular weight is 307 g/mol. The molecule has 1 aromatic carbocycles. The van der Waals surface area contributed by atoms with Crippen LogP contribution in [0.3, 0.4) is 0 Å². The van der Waals surface area contributed by atoms with Crippen molar-refractivity contribution in [1.29, 1.82) is 0 Å². The van der Waals surface area contributed by atoms with Gasteiger partial charge in [0.1, 0.15) is 6.61 Å². The second kappa shape index (κ2) is 7.32. The predicted molar refractivity (Wildman–Crippen MR) is 88.9 cm³/mol. The Kier molecular flexibility index (Phi) is 5.71. The fourth-order valence-electron chi connectivity index (χ4n) is 2.33. The van der Waals surface area contributed by atoms with Crippen LogP contribution in [0.25, 0.3) is 0 Å². The van der Waals surface area contributed by atoms with E-state index in [-0.39, 0.29) is 18.1 Å². The van der Waals surface area contributed by atoms with Gasteiger partial charge in [-0.05, 0) is 45.7 Å². The van der Waals surface area contributed by atoms with E-state index in [1.165, 1.54) is 25.7 Å². The fourth-order valence-corrected chi connectivity index (χ4v) is 3.66.